The Morgan fingerprint density at radius 3 is 3.10 bits per heavy atom. The lowest BCUT2D eigenvalue weighted by atomic mass is 10.2. The van der Waals surface area contributed by atoms with Gasteiger partial charge < -0.3 is 15.5 Å². The van der Waals surface area contributed by atoms with E-state index in [1.807, 2.05) is 6.07 Å². The van der Waals surface area contributed by atoms with Gasteiger partial charge in [0.25, 0.3) is 5.69 Å². The topological polar surface area (TPSA) is 111 Å². The van der Waals surface area contributed by atoms with Crippen molar-refractivity contribution >= 4 is 17.4 Å². The van der Waals surface area contributed by atoms with Crippen molar-refractivity contribution in [3.05, 3.63) is 34.4 Å². The summed E-state index contributed by atoms with van der Waals surface area (Å²) >= 11 is 0. The Morgan fingerprint density at radius 1 is 1.60 bits per heavy atom. The van der Waals surface area contributed by atoms with Crippen LogP contribution in [0.5, 0.6) is 0 Å². The zero-order chi connectivity index (χ0) is 14.5. The molecule has 8 nitrogen and oxygen atoms in total. The number of hydrogen-bond donors (Lipinski definition) is 2. The molecule has 1 aromatic carbocycles. The van der Waals surface area contributed by atoms with Gasteiger partial charge in [-0.3, -0.25) is 10.1 Å². The van der Waals surface area contributed by atoms with Crippen molar-refractivity contribution in [3.63, 3.8) is 0 Å². The number of carbonyl (C=O) groups is 1. The molecule has 1 fully saturated rings. The minimum absolute atomic E-state index is 0.0973. The lowest BCUT2D eigenvalue weighted by Crippen LogP contribution is -2.54. The molecule has 0 spiro atoms. The molecule has 1 saturated heterocycles. The third kappa shape index (κ3) is 3.02. The van der Waals surface area contributed by atoms with Crippen LogP contribution in [0.4, 0.5) is 16.2 Å². The first-order chi connectivity index (χ1) is 9.61. The van der Waals surface area contributed by atoms with Crippen LogP contribution < -0.4 is 10.6 Å². The van der Waals surface area contributed by atoms with Gasteiger partial charge in [0, 0.05) is 37.5 Å². The highest BCUT2D eigenvalue weighted by atomic mass is 16.6. The Hall–Kier alpha value is -2.66. The average molecular weight is 275 g/mol. The van der Waals surface area contributed by atoms with Crippen LogP contribution in [0.15, 0.2) is 24.3 Å². The summed E-state index contributed by atoms with van der Waals surface area (Å²) in [6.45, 7) is 1.44. The Labute approximate surface area is 115 Å². The van der Waals surface area contributed by atoms with Gasteiger partial charge in [-0.25, -0.2) is 4.79 Å². The van der Waals surface area contributed by atoms with Crippen molar-refractivity contribution in [2.75, 3.05) is 25.0 Å². The molecule has 0 radical (unpaired) electrons. The number of hydrogen-bond acceptors (Lipinski definition) is 5. The second-order valence-electron chi connectivity index (χ2n) is 4.28. The van der Waals surface area contributed by atoms with Crippen LogP contribution in [0, 0.1) is 21.4 Å². The molecule has 1 heterocycles. The molecule has 0 saturated carbocycles. The van der Waals surface area contributed by atoms with E-state index in [4.69, 9.17) is 5.26 Å². The number of non-ortho nitro benzene ring substituents is 1. The molecule has 0 aliphatic carbocycles. The van der Waals surface area contributed by atoms with Gasteiger partial charge in [0.2, 0.25) is 0 Å². The highest BCUT2D eigenvalue weighted by Crippen LogP contribution is 2.18. The number of carbonyl (C=O) groups excluding carboxylic acids is 1. The Kier molecular flexibility index (Phi) is 4.12. The van der Waals surface area contributed by atoms with E-state index in [2.05, 4.69) is 10.6 Å². The largest absolute Gasteiger partial charge is 0.323 e. The van der Waals surface area contributed by atoms with Crippen molar-refractivity contribution in [3.8, 4) is 6.07 Å². The van der Waals surface area contributed by atoms with E-state index < -0.39 is 17.0 Å². The first kappa shape index (κ1) is 13.8. The van der Waals surface area contributed by atoms with Crippen molar-refractivity contribution in [1.29, 1.82) is 5.26 Å². The fourth-order valence-corrected chi connectivity index (χ4v) is 1.96. The van der Waals surface area contributed by atoms with Gasteiger partial charge in [-0.15, -0.1) is 0 Å². The summed E-state index contributed by atoms with van der Waals surface area (Å²) < 4.78 is 0. The molecule has 1 atom stereocenters. The van der Waals surface area contributed by atoms with Gasteiger partial charge in [0.05, 0.1) is 11.0 Å². The second-order valence-corrected chi connectivity index (χ2v) is 4.28. The monoisotopic (exact) mass is 275 g/mol. The lowest BCUT2D eigenvalue weighted by Gasteiger charge is -2.31. The van der Waals surface area contributed by atoms with Crippen LogP contribution in [0.1, 0.15) is 0 Å². The normalized spacial score (nSPS) is 18.1. The molecule has 8 heteroatoms. The number of nitriles is 1. The van der Waals surface area contributed by atoms with Crippen LogP contribution in [0.25, 0.3) is 0 Å². The number of rotatable bonds is 2. The van der Waals surface area contributed by atoms with E-state index >= 15 is 0 Å². The van der Waals surface area contributed by atoms with Crippen LogP contribution >= 0.6 is 0 Å². The van der Waals surface area contributed by atoms with Gasteiger partial charge in [0.15, 0.2) is 0 Å². The summed E-state index contributed by atoms with van der Waals surface area (Å²) in [5.41, 5.74) is 0.236. The summed E-state index contributed by atoms with van der Waals surface area (Å²) in [6, 6.07) is 6.76. The number of piperazine rings is 1. The summed E-state index contributed by atoms with van der Waals surface area (Å²) in [5.74, 6) is 0. The number of benzene rings is 1. The van der Waals surface area contributed by atoms with Crippen molar-refractivity contribution in [2.45, 2.75) is 6.04 Å². The molecule has 104 valence electrons. The molecule has 1 aromatic rings. The fraction of sp³-hybridized carbons (Fsp3) is 0.333. The van der Waals surface area contributed by atoms with E-state index in [1.165, 1.54) is 23.1 Å². The molecule has 20 heavy (non-hydrogen) atoms. The minimum atomic E-state index is -0.539. The van der Waals surface area contributed by atoms with Gasteiger partial charge >= 0.3 is 6.03 Å². The van der Waals surface area contributed by atoms with E-state index in [0.717, 1.165) is 0 Å². The van der Waals surface area contributed by atoms with Gasteiger partial charge in [0.1, 0.15) is 6.04 Å². The maximum absolute atomic E-state index is 12.1. The average Bonchev–Trinajstić information content (AvgIpc) is 2.47. The molecule has 1 unspecified atom stereocenters. The first-order valence-corrected chi connectivity index (χ1v) is 6.04. The SMILES string of the molecule is N#CC1CNCCN1C(=O)Nc1cccc([N+](=O)[O-])c1. The zero-order valence-corrected chi connectivity index (χ0v) is 10.6. The van der Waals surface area contributed by atoms with Gasteiger partial charge in [-0.1, -0.05) is 6.07 Å². The van der Waals surface area contributed by atoms with E-state index in [0.29, 0.717) is 25.3 Å². The van der Waals surface area contributed by atoms with Crippen LogP contribution in [0.2, 0.25) is 0 Å². The number of nitro groups is 1. The maximum Gasteiger partial charge on any atom is 0.323 e. The molecule has 2 rings (SSSR count). The zero-order valence-electron chi connectivity index (χ0n) is 10.6. The fourth-order valence-electron chi connectivity index (χ4n) is 1.96. The Morgan fingerprint density at radius 2 is 2.40 bits per heavy atom. The minimum Gasteiger partial charge on any atom is -0.312 e. The van der Waals surface area contributed by atoms with Crippen LogP contribution in [-0.4, -0.2) is 41.5 Å². The summed E-state index contributed by atoms with van der Waals surface area (Å²) in [6.07, 6.45) is 0. The highest BCUT2D eigenvalue weighted by molar-refractivity contribution is 5.90. The molecule has 1 aliphatic heterocycles. The molecule has 2 N–H and O–H groups in total. The van der Waals surface area contributed by atoms with E-state index in [1.54, 1.807) is 6.07 Å². The lowest BCUT2D eigenvalue weighted by molar-refractivity contribution is -0.384. The predicted octanol–water partition coefficient (Wildman–Crippen LogP) is 0.924. The van der Waals surface area contributed by atoms with Crippen molar-refractivity contribution in [2.24, 2.45) is 0 Å². The summed E-state index contributed by atoms with van der Waals surface area (Å²) in [7, 11) is 0. The summed E-state index contributed by atoms with van der Waals surface area (Å²) in [4.78, 5) is 23.6. The number of nitrogens with one attached hydrogen (secondary N) is 2. The van der Waals surface area contributed by atoms with Crippen molar-refractivity contribution in [1.82, 2.24) is 10.2 Å². The second kappa shape index (κ2) is 5.99. The van der Waals surface area contributed by atoms with Crippen LogP contribution in [0.3, 0.4) is 0 Å². The molecule has 0 aromatic heterocycles. The smallest absolute Gasteiger partial charge is 0.312 e. The molecular weight excluding hydrogens is 262 g/mol. The number of nitrogens with zero attached hydrogens (tertiary/aromatic N) is 3. The Balaban J connectivity index is 2.09. The molecule has 2 amide bonds. The molecule has 0 bridgehead atoms. The third-order valence-electron chi connectivity index (χ3n) is 2.96. The number of anilines is 1. The molecule has 1 aliphatic rings. The highest BCUT2D eigenvalue weighted by Gasteiger charge is 2.26. The number of urea groups is 1. The van der Waals surface area contributed by atoms with E-state index in [9.17, 15) is 14.9 Å². The Bertz CT molecular complexity index is 568. The van der Waals surface area contributed by atoms with Gasteiger partial charge in [-0.2, -0.15) is 5.26 Å². The molecular formula is C12H13N5O3. The standard InChI is InChI=1S/C12H13N5O3/c13-7-11-8-14-4-5-16(11)12(18)15-9-2-1-3-10(6-9)17(19)20/h1-3,6,11,14H,4-5,8H2,(H,15,18). The van der Waals surface area contributed by atoms with Crippen molar-refractivity contribution < 1.29 is 9.72 Å². The van der Waals surface area contributed by atoms with Gasteiger partial charge in [-0.05, 0) is 6.07 Å². The number of nitro benzene ring substituents is 1. The predicted molar refractivity (Wildman–Crippen MR) is 71.1 cm³/mol. The third-order valence-corrected chi connectivity index (χ3v) is 2.96. The first-order valence-electron chi connectivity index (χ1n) is 6.04. The summed E-state index contributed by atoms with van der Waals surface area (Å²) in [5, 5.41) is 25.3. The van der Waals surface area contributed by atoms with E-state index in [-0.39, 0.29) is 5.69 Å². The quantitative estimate of drug-likeness (QED) is 0.616. The van der Waals surface area contributed by atoms with Crippen LogP contribution in [-0.2, 0) is 0 Å². The number of amides is 2. The maximum atomic E-state index is 12.1.